The van der Waals surface area contributed by atoms with Crippen molar-refractivity contribution < 1.29 is 13.2 Å². The first-order valence-electron chi connectivity index (χ1n) is 10.3. The van der Waals surface area contributed by atoms with Crippen molar-refractivity contribution in [2.24, 2.45) is 4.99 Å². The normalized spacial score (nSPS) is 16.4. The number of ether oxygens (including phenoxy) is 1. The zero-order chi connectivity index (χ0) is 22.0. The first-order chi connectivity index (χ1) is 14.3. The fourth-order valence-electron chi connectivity index (χ4n) is 3.37. The molecule has 1 fully saturated rings. The third-order valence-corrected chi connectivity index (χ3v) is 6.37. The summed E-state index contributed by atoms with van der Waals surface area (Å²) in [6.45, 7) is 10.1. The van der Waals surface area contributed by atoms with Crippen LogP contribution in [0.1, 0.15) is 25.3 Å². The Bertz CT molecular complexity index is 818. The lowest BCUT2D eigenvalue weighted by atomic mass is 10.0. The monoisotopic (exact) mass is 437 g/mol. The van der Waals surface area contributed by atoms with Gasteiger partial charge in [0.25, 0.3) is 0 Å². The van der Waals surface area contributed by atoms with Crippen LogP contribution in [0.4, 0.5) is 0 Å². The molecule has 0 atom stereocenters. The van der Waals surface area contributed by atoms with Crippen molar-refractivity contribution in [1.82, 2.24) is 20.3 Å². The van der Waals surface area contributed by atoms with Crippen LogP contribution in [0.15, 0.2) is 46.3 Å². The van der Waals surface area contributed by atoms with Crippen LogP contribution in [0.25, 0.3) is 0 Å². The Morgan fingerprint density at radius 1 is 1.33 bits per heavy atom. The van der Waals surface area contributed by atoms with Crippen LogP contribution < -0.4 is 15.4 Å². The summed E-state index contributed by atoms with van der Waals surface area (Å²) < 4.78 is 32.2. The first kappa shape index (κ1) is 24.3. The average Bonchev–Trinajstić information content (AvgIpc) is 2.72. The highest BCUT2D eigenvalue weighted by molar-refractivity contribution is 7.89. The van der Waals surface area contributed by atoms with Crippen molar-refractivity contribution in [3.63, 3.8) is 0 Å². The Kier molecular flexibility index (Phi) is 9.77. The molecule has 0 unspecified atom stereocenters. The number of nitrogens with zero attached hydrogens (tertiary/aromatic N) is 2. The van der Waals surface area contributed by atoms with Gasteiger partial charge in [-0.25, -0.2) is 13.1 Å². The number of benzene rings is 1. The lowest BCUT2D eigenvalue weighted by Gasteiger charge is -2.33. The van der Waals surface area contributed by atoms with E-state index in [-0.39, 0.29) is 11.4 Å². The second-order valence-electron chi connectivity index (χ2n) is 7.62. The SMILES string of the molecule is C=C(C)CN1CCC(NC(=NC)NCc2cccc(S(=O)(=O)NCCOC)c2)CC1. The third kappa shape index (κ3) is 8.06. The van der Waals surface area contributed by atoms with Gasteiger partial charge in [0.2, 0.25) is 10.0 Å². The molecule has 1 saturated heterocycles. The van der Waals surface area contributed by atoms with Crippen molar-refractivity contribution in [1.29, 1.82) is 0 Å². The number of aliphatic imine (C=N–C) groups is 1. The van der Waals surface area contributed by atoms with Crippen molar-refractivity contribution in [3.8, 4) is 0 Å². The molecule has 0 aromatic heterocycles. The predicted molar refractivity (Wildman–Crippen MR) is 121 cm³/mol. The maximum atomic E-state index is 12.4. The number of hydrogen-bond acceptors (Lipinski definition) is 5. The quantitative estimate of drug-likeness (QED) is 0.221. The molecular formula is C21H35N5O3S. The van der Waals surface area contributed by atoms with Crippen LogP contribution in [0.5, 0.6) is 0 Å². The van der Waals surface area contributed by atoms with Gasteiger partial charge in [0.05, 0.1) is 11.5 Å². The van der Waals surface area contributed by atoms with E-state index in [1.807, 2.05) is 6.07 Å². The highest BCUT2D eigenvalue weighted by atomic mass is 32.2. The first-order valence-corrected chi connectivity index (χ1v) is 11.7. The molecule has 1 aromatic carbocycles. The maximum Gasteiger partial charge on any atom is 0.240 e. The van der Waals surface area contributed by atoms with Crippen molar-refractivity contribution in [3.05, 3.63) is 42.0 Å². The minimum atomic E-state index is -3.55. The highest BCUT2D eigenvalue weighted by Crippen LogP contribution is 2.13. The zero-order valence-electron chi connectivity index (χ0n) is 18.3. The summed E-state index contributed by atoms with van der Waals surface area (Å²) in [6, 6.07) is 7.27. The number of guanidine groups is 1. The zero-order valence-corrected chi connectivity index (χ0v) is 19.1. The second kappa shape index (κ2) is 12.0. The summed E-state index contributed by atoms with van der Waals surface area (Å²) in [5, 5.41) is 6.76. The maximum absolute atomic E-state index is 12.4. The number of piperidine rings is 1. The summed E-state index contributed by atoms with van der Waals surface area (Å²) in [6.07, 6.45) is 2.10. The van der Waals surface area contributed by atoms with Crippen molar-refractivity contribution >= 4 is 16.0 Å². The summed E-state index contributed by atoms with van der Waals surface area (Å²) in [5.41, 5.74) is 2.06. The Hall–Kier alpha value is -1.94. The molecule has 0 radical (unpaired) electrons. The van der Waals surface area contributed by atoms with Gasteiger partial charge in [-0.2, -0.15) is 0 Å². The predicted octanol–water partition coefficient (Wildman–Crippen LogP) is 1.32. The van der Waals surface area contributed by atoms with Crippen LogP contribution in [0.3, 0.4) is 0 Å². The van der Waals surface area contributed by atoms with Gasteiger partial charge in [-0.05, 0) is 37.5 Å². The lowest BCUT2D eigenvalue weighted by Crippen LogP contribution is -2.48. The average molecular weight is 438 g/mol. The molecule has 0 saturated carbocycles. The van der Waals surface area contributed by atoms with Gasteiger partial charge in [0.15, 0.2) is 5.96 Å². The van der Waals surface area contributed by atoms with Crippen molar-refractivity contribution in [2.75, 3.05) is 46.9 Å². The molecule has 0 amide bonds. The van der Waals surface area contributed by atoms with E-state index in [0.29, 0.717) is 19.2 Å². The molecule has 9 heteroatoms. The molecule has 1 aromatic rings. The number of hydrogen-bond donors (Lipinski definition) is 3. The lowest BCUT2D eigenvalue weighted by molar-refractivity contribution is 0.204. The number of likely N-dealkylation sites (tertiary alicyclic amines) is 1. The fourth-order valence-corrected chi connectivity index (χ4v) is 4.46. The number of methoxy groups -OCH3 is 1. The Morgan fingerprint density at radius 3 is 2.70 bits per heavy atom. The molecule has 168 valence electrons. The van der Waals surface area contributed by atoms with E-state index < -0.39 is 10.0 Å². The van der Waals surface area contributed by atoms with E-state index >= 15 is 0 Å². The Labute approximate surface area is 180 Å². The van der Waals surface area contributed by atoms with Gasteiger partial charge in [-0.15, -0.1) is 0 Å². The van der Waals surface area contributed by atoms with Crippen LogP contribution in [0, 0.1) is 0 Å². The summed E-state index contributed by atoms with van der Waals surface area (Å²) in [5.74, 6) is 0.722. The molecule has 8 nitrogen and oxygen atoms in total. The molecule has 1 aliphatic rings. The van der Waals surface area contributed by atoms with Crippen LogP contribution >= 0.6 is 0 Å². The van der Waals surface area contributed by atoms with Gasteiger partial charge in [0, 0.05) is 52.9 Å². The van der Waals surface area contributed by atoms with E-state index in [9.17, 15) is 8.42 Å². The summed E-state index contributed by atoms with van der Waals surface area (Å²) >= 11 is 0. The van der Waals surface area contributed by atoms with Gasteiger partial charge >= 0.3 is 0 Å². The topological polar surface area (TPSA) is 95.1 Å². The van der Waals surface area contributed by atoms with E-state index in [1.54, 1.807) is 25.2 Å². The fraction of sp³-hybridized carbons (Fsp3) is 0.571. The molecule has 0 aliphatic carbocycles. The molecule has 2 rings (SSSR count). The largest absolute Gasteiger partial charge is 0.383 e. The van der Waals surface area contributed by atoms with Crippen LogP contribution in [-0.2, 0) is 21.3 Å². The summed E-state index contributed by atoms with van der Waals surface area (Å²) in [4.78, 5) is 6.97. The van der Waals surface area contributed by atoms with Crippen LogP contribution in [0.2, 0.25) is 0 Å². The van der Waals surface area contributed by atoms with E-state index in [2.05, 4.69) is 38.8 Å². The summed E-state index contributed by atoms with van der Waals surface area (Å²) in [7, 11) is -0.273. The van der Waals surface area contributed by atoms with Gasteiger partial charge < -0.3 is 15.4 Å². The van der Waals surface area contributed by atoms with Crippen LogP contribution in [-0.4, -0.2) is 72.3 Å². The minimum absolute atomic E-state index is 0.239. The molecule has 30 heavy (non-hydrogen) atoms. The van der Waals surface area contributed by atoms with Crippen molar-refractivity contribution in [2.45, 2.75) is 37.2 Å². The third-order valence-electron chi connectivity index (χ3n) is 4.91. The van der Waals surface area contributed by atoms with Gasteiger partial charge in [-0.1, -0.05) is 24.3 Å². The van der Waals surface area contributed by atoms with E-state index in [0.717, 1.165) is 44.0 Å². The molecule has 1 heterocycles. The minimum Gasteiger partial charge on any atom is -0.383 e. The molecule has 3 N–H and O–H groups in total. The number of sulfonamides is 1. The van der Waals surface area contributed by atoms with E-state index in [1.165, 1.54) is 12.7 Å². The second-order valence-corrected chi connectivity index (χ2v) is 9.38. The molecular weight excluding hydrogens is 402 g/mol. The van der Waals surface area contributed by atoms with Gasteiger partial charge in [-0.3, -0.25) is 9.89 Å². The van der Waals surface area contributed by atoms with Gasteiger partial charge in [0.1, 0.15) is 0 Å². The Morgan fingerprint density at radius 2 is 2.07 bits per heavy atom. The standard InChI is InChI=1S/C21H35N5O3S/c1-17(2)16-26-11-8-19(9-12-26)25-21(22-3)23-15-18-6-5-7-20(14-18)30(27,28)24-10-13-29-4/h5-7,14,19,24H,1,8-13,15-16H2,2-4H3,(H2,22,23,25). The molecule has 0 bridgehead atoms. The number of rotatable bonds is 10. The highest BCUT2D eigenvalue weighted by Gasteiger charge is 2.20. The smallest absolute Gasteiger partial charge is 0.240 e. The molecule has 1 aliphatic heterocycles. The number of nitrogens with one attached hydrogen (secondary N) is 3. The van der Waals surface area contributed by atoms with E-state index in [4.69, 9.17) is 4.74 Å². The molecule has 0 spiro atoms. The Balaban J connectivity index is 1.86.